The van der Waals surface area contributed by atoms with Crippen molar-refractivity contribution in [2.75, 3.05) is 25.0 Å². The fourth-order valence-electron chi connectivity index (χ4n) is 1.93. The highest BCUT2D eigenvalue weighted by Gasteiger charge is 2.26. The van der Waals surface area contributed by atoms with Crippen LogP contribution in [0.25, 0.3) is 0 Å². The summed E-state index contributed by atoms with van der Waals surface area (Å²) in [5.74, 6) is 0. The Morgan fingerprint density at radius 1 is 1.63 bits per heavy atom. The van der Waals surface area contributed by atoms with E-state index in [1.165, 1.54) is 4.90 Å². The Morgan fingerprint density at radius 2 is 2.42 bits per heavy atom. The molecule has 19 heavy (non-hydrogen) atoms. The van der Waals surface area contributed by atoms with Crippen molar-refractivity contribution in [2.24, 2.45) is 0 Å². The number of hydrogen-bond acceptors (Lipinski definition) is 3. The fraction of sp³-hybridized carbons (Fsp3) is 0.385. The molecule has 1 aromatic rings. The lowest BCUT2D eigenvalue weighted by Crippen LogP contribution is -2.54. The van der Waals surface area contributed by atoms with E-state index in [0.717, 1.165) is 5.56 Å². The van der Waals surface area contributed by atoms with Gasteiger partial charge in [0.1, 0.15) is 6.04 Å². The minimum atomic E-state index is -0.435. The van der Waals surface area contributed by atoms with Crippen molar-refractivity contribution in [3.8, 4) is 6.07 Å². The van der Waals surface area contributed by atoms with Crippen molar-refractivity contribution in [2.45, 2.75) is 13.0 Å². The zero-order valence-electron chi connectivity index (χ0n) is 10.6. The van der Waals surface area contributed by atoms with Gasteiger partial charge in [0.2, 0.25) is 0 Å². The van der Waals surface area contributed by atoms with Gasteiger partial charge < -0.3 is 15.5 Å². The van der Waals surface area contributed by atoms with Crippen LogP contribution in [-0.2, 0) is 0 Å². The van der Waals surface area contributed by atoms with Gasteiger partial charge in [-0.1, -0.05) is 17.7 Å². The topological polar surface area (TPSA) is 68.2 Å². The number of nitriles is 1. The number of benzene rings is 1. The molecule has 5 nitrogen and oxygen atoms in total. The Labute approximate surface area is 117 Å². The standard InChI is InChI=1S/C13H15ClN4O/c1-9-2-3-10(6-12(9)14)17-13(19)18-5-4-16-8-11(18)7-15/h2-3,6,11,16H,4-5,8H2,1H3,(H,17,19). The van der Waals surface area contributed by atoms with Crippen LogP contribution in [0, 0.1) is 18.3 Å². The third-order valence-electron chi connectivity index (χ3n) is 3.08. The Balaban J connectivity index is 2.07. The highest BCUT2D eigenvalue weighted by Crippen LogP contribution is 2.20. The van der Waals surface area contributed by atoms with Gasteiger partial charge in [-0.2, -0.15) is 5.26 Å². The number of halogens is 1. The van der Waals surface area contributed by atoms with Crippen molar-refractivity contribution >= 4 is 23.3 Å². The molecule has 0 bridgehead atoms. The molecule has 0 aliphatic carbocycles. The van der Waals surface area contributed by atoms with E-state index < -0.39 is 6.04 Å². The number of carbonyl (C=O) groups is 1. The lowest BCUT2D eigenvalue weighted by atomic mass is 10.2. The van der Waals surface area contributed by atoms with Gasteiger partial charge in [0.05, 0.1) is 6.07 Å². The van der Waals surface area contributed by atoms with Gasteiger partial charge in [0, 0.05) is 30.3 Å². The number of nitrogens with zero attached hydrogens (tertiary/aromatic N) is 2. The van der Waals surface area contributed by atoms with E-state index in [4.69, 9.17) is 16.9 Å². The molecule has 100 valence electrons. The highest BCUT2D eigenvalue weighted by atomic mass is 35.5. The Morgan fingerprint density at radius 3 is 3.11 bits per heavy atom. The summed E-state index contributed by atoms with van der Waals surface area (Å²) in [7, 11) is 0. The van der Waals surface area contributed by atoms with Crippen LogP contribution in [0.5, 0.6) is 0 Å². The van der Waals surface area contributed by atoms with Crippen LogP contribution in [0.4, 0.5) is 10.5 Å². The molecule has 2 rings (SSSR count). The van der Waals surface area contributed by atoms with E-state index in [1.807, 2.05) is 13.0 Å². The molecule has 1 aromatic carbocycles. The molecule has 1 saturated heterocycles. The number of hydrogen-bond donors (Lipinski definition) is 2. The van der Waals surface area contributed by atoms with E-state index >= 15 is 0 Å². The van der Waals surface area contributed by atoms with Gasteiger partial charge in [-0.25, -0.2) is 4.79 Å². The third-order valence-corrected chi connectivity index (χ3v) is 3.48. The monoisotopic (exact) mass is 278 g/mol. The summed E-state index contributed by atoms with van der Waals surface area (Å²) < 4.78 is 0. The zero-order chi connectivity index (χ0) is 13.8. The van der Waals surface area contributed by atoms with Crippen LogP contribution in [0.2, 0.25) is 5.02 Å². The van der Waals surface area contributed by atoms with E-state index in [1.54, 1.807) is 12.1 Å². The number of anilines is 1. The summed E-state index contributed by atoms with van der Waals surface area (Å²) in [6, 6.07) is 6.76. The molecule has 6 heteroatoms. The number of nitrogens with one attached hydrogen (secondary N) is 2. The number of rotatable bonds is 1. The molecule has 0 aromatic heterocycles. The first-order valence-electron chi connectivity index (χ1n) is 6.06. The number of piperazine rings is 1. The van der Waals surface area contributed by atoms with Crippen molar-refractivity contribution < 1.29 is 4.79 Å². The van der Waals surface area contributed by atoms with Crippen LogP contribution < -0.4 is 10.6 Å². The Hall–Kier alpha value is -1.77. The molecule has 0 spiro atoms. The quantitative estimate of drug-likeness (QED) is 0.825. The van der Waals surface area contributed by atoms with Crippen molar-refractivity contribution in [1.82, 2.24) is 10.2 Å². The SMILES string of the molecule is Cc1ccc(NC(=O)N2CCNCC2C#N)cc1Cl. The third kappa shape index (κ3) is 3.16. The zero-order valence-corrected chi connectivity index (χ0v) is 11.4. The lowest BCUT2D eigenvalue weighted by Gasteiger charge is -2.31. The van der Waals surface area contributed by atoms with E-state index in [0.29, 0.717) is 30.3 Å². The maximum absolute atomic E-state index is 12.1. The normalized spacial score (nSPS) is 18.8. The van der Waals surface area contributed by atoms with Gasteiger partial charge >= 0.3 is 6.03 Å². The molecule has 1 heterocycles. The molecule has 1 aliphatic rings. The Bertz CT molecular complexity index is 526. The lowest BCUT2D eigenvalue weighted by molar-refractivity contribution is 0.188. The molecule has 0 saturated carbocycles. The molecule has 0 radical (unpaired) electrons. The van der Waals surface area contributed by atoms with Gasteiger partial charge in [-0.3, -0.25) is 0 Å². The molecule has 1 aliphatic heterocycles. The minimum absolute atomic E-state index is 0.270. The van der Waals surface area contributed by atoms with Crippen LogP contribution in [-0.4, -0.2) is 36.6 Å². The molecule has 2 N–H and O–H groups in total. The maximum atomic E-state index is 12.1. The van der Waals surface area contributed by atoms with Crippen molar-refractivity contribution in [3.63, 3.8) is 0 Å². The molecule has 1 fully saturated rings. The number of urea groups is 1. The van der Waals surface area contributed by atoms with Crippen LogP contribution in [0.15, 0.2) is 18.2 Å². The van der Waals surface area contributed by atoms with Crippen molar-refractivity contribution in [1.29, 1.82) is 5.26 Å². The van der Waals surface area contributed by atoms with Gasteiger partial charge in [0.15, 0.2) is 0 Å². The highest BCUT2D eigenvalue weighted by molar-refractivity contribution is 6.31. The summed E-state index contributed by atoms with van der Waals surface area (Å²) in [5.41, 5.74) is 1.59. The summed E-state index contributed by atoms with van der Waals surface area (Å²) in [5, 5.41) is 15.5. The number of amides is 2. The largest absolute Gasteiger partial charge is 0.323 e. The van der Waals surface area contributed by atoms with Crippen LogP contribution in [0.3, 0.4) is 0 Å². The molecular formula is C13H15ClN4O. The summed E-state index contributed by atoms with van der Waals surface area (Å²) in [6.45, 7) is 3.61. The fourth-order valence-corrected chi connectivity index (χ4v) is 2.11. The maximum Gasteiger partial charge on any atom is 0.323 e. The average molecular weight is 279 g/mol. The van der Waals surface area contributed by atoms with E-state index in [-0.39, 0.29) is 6.03 Å². The molecule has 1 unspecified atom stereocenters. The van der Waals surface area contributed by atoms with E-state index in [9.17, 15) is 4.79 Å². The molecule has 2 amide bonds. The van der Waals surface area contributed by atoms with Crippen LogP contribution in [0.1, 0.15) is 5.56 Å². The number of carbonyl (C=O) groups excluding carboxylic acids is 1. The van der Waals surface area contributed by atoms with Gasteiger partial charge in [-0.05, 0) is 24.6 Å². The van der Waals surface area contributed by atoms with Crippen molar-refractivity contribution in [3.05, 3.63) is 28.8 Å². The number of aryl methyl sites for hydroxylation is 1. The second-order valence-electron chi connectivity index (χ2n) is 4.44. The molecule has 1 atom stereocenters. The molecular weight excluding hydrogens is 264 g/mol. The predicted octanol–water partition coefficient (Wildman–Crippen LogP) is 1.98. The summed E-state index contributed by atoms with van der Waals surface area (Å²) in [6.07, 6.45) is 0. The first-order valence-corrected chi connectivity index (χ1v) is 6.43. The summed E-state index contributed by atoms with van der Waals surface area (Å²) in [4.78, 5) is 13.7. The van der Waals surface area contributed by atoms with Gasteiger partial charge in [-0.15, -0.1) is 0 Å². The smallest absolute Gasteiger partial charge is 0.312 e. The second-order valence-corrected chi connectivity index (χ2v) is 4.84. The van der Waals surface area contributed by atoms with Gasteiger partial charge in [0.25, 0.3) is 0 Å². The average Bonchev–Trinajstić information content (AvgIpc) is 2.43. The first-order chi connectivity index (χ1) is 9.11. The minimum Gasteiger partial charge on any atom is -0.312 e. The predicted molar refractivity (Wildman–Crippen MR) is 74.2 cm³/mol. The Kier molecular flexibility index (Phi) is 4.25. The van der Waals surface area contributed by atoms with Crippen LogP contribution >= 0.6 is 11.6 Å². The summed E-state index contributed by atoms with van der Waals surface area (Å²) >= 11 is 6.01. The second kappa shape index (κ2) is 5.91. The van der Waals surface area contributed by atoms with E-state index in [2.05, 4.69) is 16.7 Å². The first kappa shape index (κ1) is 13.7.